The fraction of sp³-hybridized carbons (Fsp3) is 0.0476. The topological polar surface area (TPSA) is 83.0 Å². The number of furan rings is 1. The molecule has 0 aliphatic rings. The average molecular weight is 424 g/mol. The van der Waals surface area contributed by atoms with Crippen LogP contribution in [0.5, 0.6) is 11.5 Å². The summed E-state index contributed by atoms with van der Waals surface area (Å²) < 4.78 is 6.11. The summed E-state index contributed by atoms with van der Waals surface area (Å²) >= 11 is 3.17. The van der Waals surface area contributed by atoms with Crippen LogP contribution in [0.1, 0.15) is 16.1 Å². The molecule has 2 N–H and O–H groups in total. The van der Waals surface area contributed by atoms with Crippen LogP contribution >= 0.6 is 15.9 Å². The summed E-state index contributed by atoms with van der Waals surface area (Å²) in [5.74, 6) is -0.212. The van der Waals surface area contributed by atoms with Gasteiger partial charge in [-0.2, -0.15) is 0 Å². The molecule has 0 unspecified atom stereocenters. The van der Waals surface area contributed by atoms with E-state index in [0.717, 1.165) is 16.2 Å². The molecule has 1 heterocycles. The number of carbonyl (C=O) groups is 1. The summed E-state index contributed by atoms with van der Waals surface area (Å²) in [7, 11) is 0. The zero-order valence-electron chi connectivity index (χ0n) is 14.0. The molecule has 0 aliphatic heterocycles. The number of aromatic hydroxyl groups is 2. The van der Waals surface area contributed by atoms with Gasteiger partial charge >= 0.3 is 0 Å². The van der Waals surface area contributed by atoms with Gasteiger partial charge in [0.1, 0.15) is 23.6 Å². The van der Waals surface area contributed by atoms with E-state index in [1.165, 1.54) is 18.3 Å². The van der Waals surface area contributed by atoms with Crippen LogP contribution in [0, 0.1) is 0 Å². The number of hydrogen-bond acceptors (Lipinski definition) is 5. The highest BCUT2D eigenvalue weighted by Gasteiger charge is 2.13. The van der Waals surface area contributed by atoms with Gasteiger partial charge in [0.05, 0.1) is 4.47 Å². The highest BCUT2D eigenvalue weighted by atomic mass is 79.9. The molecule has 0 atom stereocenters. The number of aliphatic imine (C=N–C) groups is 1. The highest BCUT2D eigenvalue weighted by molar-refractivity contribution is 9.10. The molecule has 0 spiro atoms. The molecule has 4 rings (SSSR count). The lowest BCUT2D eigenvalue weighted by Crippen LogP contribution is -2.02. The molecule has 0 radical (unpaired) electrons. The minimum atomic E-state index is -0.260. The monoisotopic (exact) mass is 423 g/mol. The van der Waals surface area contributed by atoms with Gasteiger partial charge in [0.2, 0.25) is 5.78 Å². The van der Waals surface area contributed by atoms with Crippen molar-refractivity contribution in [2.24, 2.45) is 4.99 Å². The van der Waals surface area contributed by atoms with Gasteiger partial charge in [0.15, 0.2) is 5.76 Å². The summed E-state index contributed by atoms with van der Waals surface area (Å²) in [6, 6.07) is 16.2. The van der Waals surface area contributed by atoms with Crippen molar-refractivity contribution in [1.82, 2.24) is 0 Å². The Hall–Kier alpha value is -3.12. The molecule has 5 nitrogen and oxygen atoms in total. The third-order valence-electron chi connectivity index (χ3n) is 4.26. The fourth-order valence-electron chi connectivity index (χ4n) is 2.90. The molecular weight excluding hydrogens is 410 g/mol. The summed E-state index contributed by atoms with van der Waals surface area (Å²) in [6.45, 7) is -0.115. The largest absolute Gasteiger partial charge is 0.507 e. The number of rotatable bonds is 4. The summed E-state index contributed by atoms with van der Waals surface area (Å²) in [5, 5.41) is 22.3. The Kier molecular flexibility index (Phi) is 4.41. The van der Waals surface area contributed by atoms with Crippen LogP contribution < -0.4 is 0 Å². The molecule has 134 valence electrons. The van der Waals surface area contributed by atoms with E-state index in [1.807, 2.05) is 36.4 Å². The fourth-order valence-corrected chi connectivity index (χ4v) is 3.27. The second kappa shape index (κ2) is 6.89. The Labute approximate surface area is 162 Å². The molecule has 0 bridgehead atoms. The molecule has 0 fully saturated rings. The van der Waals surface area contributed by atoms with Crippen molar-refractivity contribution in [3.63, 3.8) is 0 Å². The molecule has 1 aromatic heterocycles. The van der Waals surface area contributed by atoms with Crippen LogP contribution in [0.4, 0.5) is 0 Å². The molecule has 4 aromatic rings. The Bertz CT molecular complexity index is 1210. The number of halogens is 1. The van der Waals surface area contributed by atoms with E-state index in [0.29, 0.717) is 15.6 Å². The van der Waals surface area contributed by atoms with Crippen molar-refractivity contribution in [1.29, 1.82) is 0 Å². The van der Waals surface area contributed by atoms with Crippen molar-refractivity contribution in [2.75, 3.05) is 6.54 Å². The number of Topliss-reactive ketones (excluding diaryl/α,β-unsaturated/α-hetero) is 1. The predicted octanol–water partition coefficient (Wildman–Crippen LogP) is 5.06. The van der Waals surface area contributed by atoms with E-state index in [4.69, 9.17) is 4.42 Å². The van der Waals surface area contributed by atoms with E-state index in [9.17, 15) is 15.0 Å². The number of hydrogen-bond donors (Lipinski definition) is 2. The zero-order valence-corrected chi connectivity index (χ0v) is 15.6. The van der Waals surface area contributed by atoms with E-state index < -0.39 is 0 Å². The number of carbonyl (C=O) groups excluding carboxylic acids is 1. The maximum Gasteiger partial charge on any atom is 0.219 e. The third-order valence-corrected chi connectivity index (χ3v) is 4.90. The Morgan fingerprint density at radius 1 is 1.04 bits per heavy atom. The molecule has 27 heavy (non-hydrogen) atoms. The van der Waals surface area contributed by atoms with Crippen LogP contribution in [0.15, 0.2) is 68.5 Å². The Balaban J connectivity index is 1.58. The van der Waals surface area contributed by atoms with Gasteiger partial charge in [-0.15, -0.1) is 0 Å². The Morgan fingerprint density at radius 2 is 1.85 bits per heavy atom. The SMILES string of the molecule is O=C(CN=Cc1cc(Br)c(O)cc1O)c1cc2c(ccc3ccccc32)o1. The lowest BCUT2D eigenvalue weighted by Gasteiger charge is -2.02. The first kappa shape index (κ1) is 17.3. The van der Waals surface area contributed by atoms with Gasteiger partial charge in [-0.25, -0.2) is 0 Å². The lowest BCUT2D eigenvalue weighted by molar-refractivity contribution is 0.0978. The molecule has 6 heteroatoms. The molecule has 0 saturated heterocycles. The first-order valence-corrected chi connectivity index (χ1v) is 8.98. The molecule has 0 aliphatic carbocycles. The highest BCUT2D eigenvalue weighted by Crippen LogP contribution is 2.30. The van der Waals surface area contributed by atoms with Gasteiger partial charge in [-0.1, -0.05) is 30.3 Å². The number of fused-ring (bicyclic) bond motifs is 3. The van der Waals surface area contributed by atoms with E-state index in [-0.39, 0.29) is 29.6 Å². The number of phenolic OH excluding ortho intramolecular Hbond substituents is 2. The van der Waals surface area contributed by atoms with Crippen molar-refractivity contribution in [3.8, 4) is 11.5 Å². The quantitative estimate of drug-likeness (QED) is 0.354. The second-order valence-corrected chi connectivity index (χ2v) is 6.92. The number of phenols is 2. The summed E-state index contributed by atoms with van der Waals surface area (Å²) in [4.78, 5) is 16.5. The minimum absolute atomic E-state index is 0.0739. The third kappa shape index (κ3) is 3.31. The summed E-state index contributed by atoms with van der Waals surface area (Å²) in [6.07, 6.45) is 1.38. The molecule has 0 saturated carbocycles. The van der Waals surface area contributed by atoms with Gasteiger partial charge in [0, 0.05) is 23.2 Å². The van der Waals surface area contributed by atoms with E-state index in [1.54, 1.807) is 6.07 Å². The van der Waals surface area contributed by atoms with Crippen LogP contribution in [0.25, 0.3) is 21.7 Å². The van der Waals surface area contributed by atoms with Gasteiger partial charge in [0.25, 0.3) is 0 Å². The van der Waals surface area contributed by atoms with Crippen molar-refractivity contribution >= 4 is 49.7 Å². The van der Waals surface area contributed by atoms with Crippen LogP contribution in [0.2, 0.25) is 0 Å². The smallest absolute Gasteiger partial charge is 0.219 e. The average Bonchev–Trinajstić information content (AvgIpc) is 3.10. The van der Waals surface area contributed by atoms with Gasteiger partial charge in [-0.05, 0) is 44.9 Å². The van der Waals surface area contributed by atoms with Crippen LogP contribution in [-0.2, 0) is 0 Å². The number of nitrogens with zero attached hydrogens (tertiary/aromatic N) is 1. The Morgan fingerprint density at radius 3 is 2.70 bits per heavy atom. The maximum absolute atomic E-state index is 12.4. The first-order chi connectivity index (χ1) is 13.0. The number of ketones is 1. The standard InChI is InChI=1S/C21H14BrNO4/c22-16-7-13(17(24)9-18(16)25)10-23-11-19(26)21-8-15-14-4-2-1-3-12(14)5-6-20(15)27-21/h1-10,24-25H,11H2. The first-order valence-electron chi connectivity index (χ1n) is 8.19. The second-order valence-electron chi connectivity index (χ2n) is 6.06. The van der Waals surface area contributed by atoms with Gasteiger partial charge < -0.3 is 14.6 Å². The molecule has 0 amide bonds. The van der Waals surface area contributed by atoms with Crippen LogP contribution in [0.3, 0.4) is 0 Å². The summed E-state index contributed by atoms with van der Waals surface area (Å²) in [5.41, 5.74) is 1.05. The van der Waals surface area contributed by atoms with E-state index in [2.05, 4.69) is 20.9 Å². The maximum atomic E-state index is 12.4. The van der Waals surface area contributed by atoms with Crippen molar-refractivity contribution in [2.45, 2.75) is 0 Å². The number of benzene rings is 3. The normalized spacial score (nSPS) is 11.6. The predicted molar refractivity (Wildman–Crippen MR) is 108 cm³/mol. The zero-order chi connectivity index (χ0) is 19.0. The lowest BCUT2D eigenvalue weighted by atomic mass is 10.1. The van der Waals surface area contributed by atoms with Crippen LogP contribution in [-0.4, -0.2) is 28.8 Å². The van der Waals surface area contributed by atoms with Crippen molar-refractivity contribution in [3.05, 3.63) is 70.4 Å². The molecular formula is C21H14BrNO4. The molecule has 3 aromatic carbocycles. The van der Waals surface area contributed by atoms with Crippen molar-refractivity contribution < 1.29 is 19.4 Å². The minimum Gasteiger partial charge on any atom is -0.507 e. The van der Waals surface area contributed by atoms with Gasteiger partial charge in [-0.3, -0.25) is 9.79 Å². The van der Waals surface area contributed by atoms with E-state index >= 15 is 0 Å².